The van der Waals surface area contributed by atoms with Crippen LogP contribution in [-0.4, -0.2) is 30.9 Å². The molecule has 8 heteroatoms. The average molecular weight is 428 g/mol. The molecule has 0 saturated carbocycles. The van der Waals surface area contributed by atoms with Gasteiger partial charge in [-0.15, -0.1) is 10.2 Å². The van der Waals surface area contributed by atoms with Crippen LogP contribution < -0.4 is 5.32 Å². The molecule has 0 unspecified atom stereocenters. The van der Waals surface area contributed by atoms with Crippen molar-refractivity contribution >= 4 is 17.7 Å². The largest absolute Gasteiger partial charge is 0.428 e. The lowest BCUT2D eigenvalue weighted by atomic mass is 10.0. The average Bonchev–Trinajstić information content (AvgIpc) is 3.50. The van der Waals surface area contributed by atoms with Gasteiger partial charge in [0.05, 0.1) is 6.20 Å². The first kappa shape index (κ1) is 21.2. The molecule has 0 atom stereocenters. The van der Waals surface area contributed by atoms with Crippen molar-refractivity contribution in [1.29, 1.82) is 0 Å². The number of rotatable bonds is 8. The molecule has 0 aliphatic rings. The van der Waals surface area contributed by atoms with Gasteiger partial charge in [-0.1, -0.05) is 12.1 Å². The second kappa shape index (κ2) is 9.82. The van der Waals surface area contributed by atoms with Gasteiger partial charge in [-0.25, -0.2) is 0 Å². The Labute approximate surface area is 186 Å². The van der Waals surface area contributed by atoms with E-state index in [2.05, 4.69) is 39.4 Å². The number of carbonyl (C=O) groups is 1. The van der Waals surface area contributed by atoms with Crippen LogP contribution in [-0.2, 0) is 17.6 Å². The summed E-state index contributed by atoms with van der Waals surface area (Å²) < 4.78 is 7.05. The Balaban J connectivity index is 1.38. The van der Waals surface area contributed by atoms with E-state index in [4.69, 9.17) is 4.42 Å². The number of hydrogen-bond acceptors (Lipinski definition) is 6. The Bertz CT molecular complexity index is 1190. The highest BCUT2D eigenvalue weighted by molar-refractivity contribution is 6.02. The van der Waals surface area contributed by atoms with Crippen LogP contribution in [0.25, 0.3) is 17.2 Å². The fraction of sp³-hybridized carbons (Fsp3) is 0.208. The van der Waals surface area contributed by atoms with Crippen LogP contribution in [0.3, 0.4) is 0 Å². The van der Waals surface area contributed by atoms with Gasteiger partial charge < -0.3 is 9.73 Å². The Morgan fingerprint density at radius 1 is 1.16 bits per heavy atom. The van der Waals surface area contributed by atoms with Crippen molar-refractivity contribution in [3.05, 3.63) is 84.6 Å². The first-order valence-electron chi connectivity index (χ1n) is 10.4. The van der Waals surface area contributed by atoms with Crippen LogP contribution in [0.15, 0.2) is 72.0 Å². The van der Waals surface area contributed by atoms with Gasteiger partial charge >= 0.3 is 0 Å². The predicted octanol–water partition coefficient (Wildman–Crippen LogP) is 4.35. The molecule has 0 fully saturated rings. The molecule has 4 rings (SSSR count). The summed E-state index contributed by atoms with van der Waals surface area (Å²) >= 11 is 0. The van der Waals surface area contributed by atoms with Gasteiger partial charge in [0, 0.05) is 53.9 Å². The summed E-state index contributed by atoms with van der Waals surface area (Å²) in [5.74, 6) is 0.398. The Hall–Kier alpha value is -4.07. The van der Waals surface area contributed by atoms with E-state index in [9.17, 15) is 4.79 Å². The number of aryl methyl sites for hydroxylation is 2. The zero-order valence-corrected chi connectivity index (χ0v) is 18.0. The molecule has 3 aromatic heterocycles. The number of carbonyl (C=O) groups excluding carboxylic acids is 1. The Kier molecular flexibility index (Phi) is 6.50. The van der Waals surface area contributed by atoms with E-state index >= 15 is 0 Å². The lowest BCUT2D eigenvalue weighted by molar-refractivity contribution is -0.111. The highest BCUT2D eigenvalue weighted by Crippen LogP contribution is 2.24. The summed E-state index contributed by atoms with van der Waals surface area (Å²) in [6.07, 6.45) is 13.4. The fourth-order valence-electron chi connectivity index (χ4n) is 3.22. The minimum absolute atomic E-state index is 0.212. The van der Waals surface area contributed by atoms with Crippen LogP contribution in [0.4, 0.5) is 5.69 Å². The van der Waals surface area contributed by atoms with E-state index in [0.29, 0.717) is 12.3 Å². The van der Waals surface area contributed by atoms with Gasteiger partial charge in [-0.2, -0.15) is 5.10 Å². The molecule has 162 valence electrons. The monoisotopic (exact) mass is 428 g/mol. The lowest BCUT2D eigenvalue weighted by Gasteiger charge is -2.06. The maximum atomic E-state index is 12.4. The number of aromatic nitrogens is 5. The minimum Gasteiger partial charge on any atom is -0.428 e. The topological polar surface area (TPSA) is 98.7 Å². The molecule has 0 spiro atoms. The quantitative estimate of drug-likeness (QED) is 0.419. The van der Waals surface area contributed by atoms with Gasteiger partial charge in [0.1, 0.15) is 0 Å². The van der Waals surface area contributed by atoms with Crippen molar-refractivity contribution in [2.75, 3.05) is 5.32 Å². The number of hydrogen-bond donors (Lipinski definition) is 1. The molecule has 1 amide bonds. The second-order valence-corrected chi connectivity index (χ2v) is 7.62. The number of nitrogens with one attached hydrogen (secondary N) is 1. The maximum Gasteiger partial charge on any atom is 0.248 e. The molecule has 0 saturated heterocycles. The van der Waals surface area contributed by atoms with Gasteiger partial charge in [0.2, 0.25) is 18.2 Å². The Morgan fingerprint density at radius 3 is 2.72 bits per heavy atom. The highest BCUT2D eigenvalue weighted by Gasteiger charge is 2.08. The summed E-state index contributed by atoms with van der Waals surface area (Å²) in [7, 11) is 0. The van der Waals surface area contributed by atoms with E-state index in [1.54, 1.807) is 18.5 Å². The normalized spacial score (nSPS) is 11.3. The van der Waals surface area contributed by atoms with Crippen molar-refractivity contribution in [2.45, 2.75) is 32.7 Å². The van der Waals surface area contributed by atoms with Crippen LogP contribution in [0.1, 0.15) is 36.9 Å². The zero-order valence-electron chi connectivity index (χ0n) is 18.0. The lowest BCUT2D eigenvalue weighted by Crippen LogP contribution is -2.07. The van der Waals surface area contributed by atoms with Crippen molar-refractivity contribution < 1.29 is 9.21 Å². The van der Waals surface area contributed by atoms with Gasteiger partial charge in [-0.05, 0) is 55.7 Å². The third-order valence-electron chi connectivity index (χ3n) is 4.96. The number of benzene rings is 1. The molecule has 0 aliphatic carbocycles. The number of amides is 1. The third kappa shape index (κ3) is 5.34. The summed E-state index contributed by atoms with van der Waals surface area (Å²) in [5, 5.41) is 14.8. The van der Waals surface area contributed by atoms with E-state index in [1.807, 2.05) is 47.4 Å². The molecule has 32 heavy (non-hydrogen) atoms. The molecule has 4 aromatic rings. The van der Waals surface area contributed by atoms with Crippen molar-refractivity contribution in [3.8, 4) is 11.1 Å². The second-order valence-electron chi connectivity index (χ2n) is 7.62. The van der Waals surface area contributed by atoms with Crippen molar-refractivity contribution in [3.63, 3.8) is 0 Å². The smallest absolute Gasteiger partial charge is 0.248 e. The van der Waals surface area contributed by atoms with Crippen LogP contribution in [0.5, 0.6) is 0 Å². The zero-order chi connectivity index (χ0) is 22.3. The molecular weight excluding hydrogens is 404 g/mol. The van der Waals surface area contributed by atoms with E-state index in [-0.39, 0.29) is 11.9 Å². The number of anilines is 1. The van der Waals surface area contributed by atoms with Gasteiger partial charge in [0.15, 0.2) is 0 Å². The number of nitrogens with zero attached hydrogens (tertiary/aromatic N) is 5. The molecule has 0 aliphatic heterocycles. The molecule has 3 heterocycles. The van der Waals surface area contributed by atoms with Crippen LogP contribution in [0.2, 0.25) is 0 Å². The minimum atomic E-state index is -0.212. The van der Waals surface area contributed by atoms with Crippen molar-refractivity contribution in [1.82, 2.24) is 25.0 Å². The Morgan fingerprint density at radius 2 is 2.00 bits per heavy atom. The van der Waals surface area contributed by atoms with Gasteiger partial charge in [-0.3, -0.25) is 14.5 Å². The third-order valence-corrected chi connectivity index (χ3v) is 4.96. The molecule has 8 nitrogen and oxygen atoms in total. The highest BCUT2D eigenvalue weighted by atomic mass is 16.4. The SMILES string of the molecule is CC(C)n1cc(-c2ccncc2C=CC(=O)Nc2ccc(CCc3nnco3)cc2)cn1. The fourth-order valence-corrected chi connectivity index (χ4v) is 3.22. The molecule has 0 bridgehead atoms. The first-order valence-corrected chi connectivity index (χ1v) is 10.4. The molecule has 1 N–H and O–H groups in total. The maximum absolute atomic E-state index is 12.4. The number of pyridine rings is 1. The molecule has 0 radical (unpaired) electrons. The van der Waals surface area contributed by atoms with E-state index in [0.717, 1.165) is 34.4 Å². The van der Waals surface area contributed by atoms with Crippen LogP contribution >= 0.6 is 0 Å². The molecular formula is C24H24N6O2. The molecule has 1 aromatic carbocycles. The van der Waals surface area contributed by atoms with E-state index < -0.39 is 0 Å². The summed E-state index contributed by atoms with van der Waals surface area (Å²) in [4.78, 5) is 16.6. The van der Waals surface area contributed by atoms with Crippen LogP contribution in [0, 0.1) is 0 Å². The summed E-state index contributed by atoms with van der Waals surface area (Å²) in [6.45, 7) is 4.16. The predicted molar refractivity (Wildman–Crippen MR) is 122 cm³/mol. The standard InChI is InChI=1S/C24H24N6O2/c1-17(2)30-15-20(14-27-30)22-11-12-25-13-19(22)6-9-23(31)28-21-7-3-18(4-8-21)5-10-24-29-26-16-32-24/h3-4,6-9,11-17H,5,10H2,1-2H3,(H,28,31). The summed E-state index contributed by atoms with van der Waals surface area (Å²) in [6, 6.07) is 9.91. The van der Waals surface area contributed by atoms with Crippen molar-refractivity contribution in [2.24, 2.45) is 0 Å². The van der Waals surface area contributed by atoms with Gasteiger partial charge in [0.25, 0.3) is 0 Å². The van der Waals surface area contributed by atoms with E-state index in [1.165, 1.54) is 12.5 Å². The first-order chi connectivity index (χ1) is 15.6. The summed E-state index contributed by atoms with van der Waals surface area (Å²) in [5.41, 5.74) is 4.66.